The number of hydrogen-bond acceptors (Lipinski definition) is 6. The quantitative estimate of drug-likeness (QED) is 0.297. The second-order valence-electron chi connectivity index (χ2n) is 13.8. The number of Topliss-reactive ketones (excluding diaryl/α,β-unsaturated/α-hetero) is 1. The van der Waals surface area contributed by atoms with E-state index in [-0.39, 0.29) is 41.6 Å². The first-order chi connectivity index (χ1) is 20.7. The van der Waals surface area contributed by atoms with Crippen LogP contribution < -0.4 is 4.74 Å². The first kappa shape index (κ1) is 26.8. The third kappa shape index (κ3) is 3.78. The van der Waals surface area contributed by atoms with Gasteiger partial charge in [-0.3, -0.25) is 4.79 Å². The number of aliphatic hydroxyl groups excluding tert-OH is 1. The van der Waals surface area contributed by atoms with Gasteiger partial charge in [0.25, 0.3) is 6.01 Å². The lowest BCUT2D eigenvalue weighted by molar-refractivity contribution is -0.180. The van der Waals surface area contributed by atoms with Crippen LogP contribution in [0.25, 0.3) is 22.8 Å². The Labute approximate surface area is 250 Å². The van der Waals surface area contributed by atoms with E-state index in [9.17, 15) is 15.0 Å². The average molecular weight is 579 g/mol. The summed E-state index contributed by atoms with van der Waals surface area (Å²) in [6, 6.07) is 18.1. The Bertz CT molecular complexity index is 1730. The van der Waals surface area contributed by atoms with Crippen molar-refractivity contribution in [2.45, 2.75) is 64.1 Å². The fraction of sp³-hybridized carbons (Fsp3) is 0.457. The van der Waals surface area contributed by atoms with Gasteiger partial charge in [-0.25, -0.2) is 4.68 Å². The summed E-state index contributed by atoms with van der Waals surface area (Å²) in [6.07, 6.45) is 7.94. The topological polar surface area (TPSA) is 113 Å². The largest absolute Gasteiger partial charge is 0.457 e. The number of hydrogen-bond donors (Lipinski definition) is 3. The number of H-pyrrole nitrogens is 1. The van der Waals surface area contributed by atoms with Crippen molar-refractivity contribution in [3.05, 3.63) is 77.6 Å². The number of carbonyl (C=O) groups excluding carboxylic acids is 1. The number of imidazole rings is 1. The number of rotatable bonds is 5. The standard InChI is InChI=1S/C35H38N4O4/c1-33-17-21-19-36-39(23-8-4-3-5-9-23)28(21)16-22(33)12-13-24-25-14-15-35(42,34(25,2)18-29(40)31(24)33)30(41)20-43-32-37-26-10-6-7-11-27(26)38-32/h3-11,16,19,24-25,29,31,40,42H,12-15,17-18,20H2,1-2H3,(H,37,38)/t24?,25?,29-,31?,33?,34?,35-/m0/s1. The van der Waals surface area contributed by atoms with Crippen LogP contribution in [0.5, 0.6) is 6.01 Å². The number of para-hydroxylation sites is 3. The van der Waals surface area contributed by atoms with Crippen molar-refractivity contribution in [2.24, 2.45) is 28.6 Å². The highest BCUT2D eigenvalue weighted by Crippen LogP contribution is 2.67. The van der Waals surface area contributed by atoms with E-state index < -0.39 is 17.1 Å². The number of ketones is 1. The number of fused-ring (bicyclic) bond motifs is 7. The lowest BCUT2D eigenvalue weighted by atomic mass is 9.45. The van der Waals surface area contributed by atoms with Crippen LogP contribution in [0.3, 0.4) is 0 Å². The van der Waals surface area contributed by atoms with Gasteiger partial charge in [-0.2, -0.15) is 10.1 Å². The number of aromatic nitrogens is 4. The lowest BCUT2D eigenvalue weighted by Crippen LogP contribution is -2.62. The molecule has 0 bridgehead atoms. The van der Waals surface area contributed by atoms with Gasteiger partial charge in [0.2, 0.25) is 5.78 Å². The van der Waals surface area contributed by atoms with E-state index >= 15 is 0 Å². The minimum Gasteiger partial charge on any atom is -0.457 e. The number of allylic oxidation sites excluding steroid dienone is 1. The van der Waals surface area contributed by atoms with Crippen LogP contribution in [-0.4, -0.2) is 54.1 Å². The van der Waals surface area contributed by atoms with Crippen LogP contribution >= 0.6 is 0 Å². The normalized spacial score (nSPS) is 34.6. The Kier molecular flexibility index (Phi) is 5.85. The predicted octanol–water partition coefficient (Wildman–Crippen LogP) is 5.28. The van der Waals surface area contributed by atoms with E-state index in [1.165, 1.54) is 11.1 Å². The van der Waals surface area contributed by atoms with E-state index in [1.54, 1.807) is 0 Å². The number of nitrogens with zero attached hydrogens (tertiary/aromatic N) is 3. The molecule has 0 amide bonds. The average Bonchev–Trinajstić information content (AvgIpc) is 3.68. The maximum absolute atomic E-state index is 13.7. The summed E-state index contributed by atoms with van der Waals surface area (Å²) in [5.41, 5.74) is 3.89. The van der Waals surface area contributed by atoms with Gasteiger partial charge in [0.15, 0.2) is 6.61 Å². The molecular weight excluding hydrogens is 540 g/mol. The smallest absolute Gasteiger partial charge is 0.295 e. The van der Waals surface area contributed by atoms with Crippen LogP contribution in [-0.2, 0) is 11.2 Å². The molecule has 7 atom stereocenters. The Morgan fingerprint density at radius 3 is 2.72 bits per heavy atom. The molecule has 0 aliphatic heterocycles. The number of carbonyl (C=O) groups is 1. The summed E-state index contributed by atoms with van der Waals surface area (Å²) in [5, 5.41) is 28.8. The summed E-state index contributed by atoms with van der Waals surface area (Å²) in [7, 11) is 0. The van der Waals surface area contributed by atoms with Crippen molar-refractivity contribution in [1.82, 2.24) is 19.7 Å². The number of benzene rings is 2. The van der Waals surface area contributed by atoms with Gasteiger partial charge < -0.3 is 19.9 Å². The molecule has 222 valence electrons. The Morgan fingerprint density at radius 1 is 1.12 bits per heavy atom. The van der Waals surface area contributed by atoms with Gasteiger partial charge >= 0.3 is 0 Å². The first-order valence-corrected chi connectivity index (χ1v) is 15.6. The predicted molar refractivity (Wildman–Crippen MR) is 163 cm³/mol. The van der Waals surface area contributed by atoms with Gasteiger partial charge in [-0.1, -0.05) is 49.8 Å². The van der Waals surface area contributed by atoms with Crippen LogP contribution in [0, 0.1) is 28.6 Å². The van der Waals surface area contributed by atoms with Gasteiger partial charge in [-0.05, 0) is 97.6 Å². The Hall–Kier alpha value is -3.75. The molecule has 8 rings (SSSR count). The summed E-state index contributed by atoms with van der Waals surface area (Å²) in [5.74, 6) is 0.0949. The second-order valence-corrected chi connectivity index (χ2v) is 13.8. The molecule has 0 saturated heterocycles. The Balaban J connectivity index is 1.05. The van der Waals surface area contributed by atoms with Crippen LogP contribution in [0.4, 0.5) is 0 Å². The number of aromatic amines is 1. The molecule has 0 radical (unpaired) electrons. The zero-order valence-electron chi connectivity index (χ0n) is 24.7. The van der Waals surface area contributed by atoms with Crippen LogP contribution in [0.1, 0.15) is 57.2 Å². The molecule has 2 aromatic carbocycles. The summed E-state index contributed by atoms with van der Waals surface area (Å²) in [4.78, 5) is 21.2. The third-order valence-corrected chi connectivity index (χ3v) is 11.7. The van der Waals surface area contributed by atoms with E-state index in [0.29, 0.717) is 12.8 Å². The summed E-state index contributed by atoms with van der Waals surface area (Å²) in [6.45, 7) is 4.08. The molecule has 3 fully saturated rings. The fourth-order valence-electron chi connectivity index (χ4n) is 9.67. The number of ether oxygens (including phenoxy) is 1. The zero-order chi connectivity index (χ0) is 29.6. The van der Waals surface area contributed by atoms with E-state index in [2.05, 4.69) is 35.1 Å². The molecular formula is C35H38N4O4. The van der Waals surface area contributed by atoms with Gasteiger partial charge in [0.1, 0.15) is 5.60 Å². The lowest BCUT2D eigenvalue weighted by Gasteiger charge is -2.60. The highest BCUT2D eigenvalue weighted by molar-refractivity contribution is 5.90. The zero-order valence-corrected chi connectivity index (χ0v) is 24.7. The van der Waals surface area contributed by atoms with Crippen molar-refractivity contribution >= 4 is 22.9 Å². The number of aliphatic hydroxyl groups is 2. The van der Waals surface area contributed by atoms with Crippen LogP contribution in [0.15, 0.2) is 66.4 Å². The molecule has 5 unspecified atom stereocenters. The van der Waals surface area contributed by atoms with E-state index in [1.807, 2.05) is 60.3 Å². The number of nitrogens with one attached hydrogen (secondary N) is 1. The molecule has 4 aromatic rings. The molecule has 4 aliphatic carbocycles. The monoisotopic (exact) mass is 578 g/mol. The van der Waals surface area contributed by atoms with Crippen LogP contribution in [0.2, 0.25) is 0 Å². The fourth-order valence-corrected chi connectivity index (χ4v) is 9.67. The van der Waals surface area contributed by atoms with E-state index in [4.69, 9.17) is 9.84 Å². The molecule has 43 heavy (non-hydrogen) atoms. The molecule has 2 aromatic heterocycles. The first-order valence-electron chi connectivity index (χ1n) is 15.6. The third-order valence-electron chi connectivity index (χ3n) is 11.7. The highest BCUT2D eigenvalue weighted by atomic mass is 16.5. The molecule has 3 N–H and O–H groups in total. The molecule has 2 heterocycles. The minimum absolute atomic E-state index is 0.0584. The van der Waals surface area contributed by atoms with Crippen molar-refractivity contribution < 1.29 is 19.7 Å². The molecule has 4 aliphatic rings. The minimum atomic E-state index is -1.55. The van der Waals surface area contributed by atoms with Crippen molar-refractivity contribution in [3.63, 3.8) is 0 Å². The molecule has 3 saturated carbocycles. The maximum atomic E-state index is 13.7. The summed E-state index contributed by atoms with van der Waals surface area (Å²) >= 11 is 0. The summed E-state index contributed by atoms with van der Waals surface area (Å²) < 4.78 is 7.81. The Morgan fingerprint density at radius 2 is 1.91 bits per heavy atom. The molecule has 8 nitrogen and oxygen atoms in total. The van der Waals surface area contributed by atoms with Crippen molar-refractivity contribution in [3.8, 4) is 11.7 Å². The molecule has 8 heteroatoms. The van der Waals surface area contributed by atoms with Gasteiger partial charge in [0.05, 0.1) is 34.7 Å². The van der Waals surface area contributed by atoms with Gasteiger partial charge in [-0.15, -0.1) is 0 Å². The second kappa shape index (κ2) is 9.37. The van der Waals surface area contributed by atoms with Crippen molar-refractivity contribution in [1.29, 1.82) is 0 Å². The maximum Gasteiger partial charge on any atom is 0.295 e. The highest BCUT2D eigenvalue weighted by Gasteiger charge is 2.68. The van der Waals surface area contributed by atoms with E-state index in [0.717, 1.165) is 48.1 Å². The SMILES string of the molecule is CC12Cc3cnn(-c4ccccc4)c3C=C1CCC1C2[C@@H](O)CC2(C)C1CC[C@]2(O)C(=O)COc1nc2ccccc2[nH]1. The van der Waals surface area contributed by atoms with Gasteiger partial charge in [0, 0.05) is 5.41 Å². The van der Waals surface area contributed by atoms with Crippen molar-refractivity contribution in [2.75, 3.05) is 6.61 Å². The molecule has 0 spiro atoms.